The molecule has 3 heteroatoms. The van der Waals surface area contributed by atoms with Crippen molar-refractivity contribution in [3.8, 4) is 5.75 Å². The maximum atomic E-state index is 6.45. The van der Waals surface area contributed by atoms with Gasteiger partial charge in [-0.3, -0.25) is 0 Å². The smallest absolute Gasteiger partial charge is 0.121 e. The minimum atomic E-state index is -1.76. The summed E-state index contributed by atoms with van der Waals surface area (Å²) in [6.07, 6.45) is 6.64. The highest BCUT2D eigenvalue weighted by molar-refractivity contribution is 6.92. The van der Waals surface area contributed by atoms with Crippen molar-refractivity contribution in [3.05, 3.63) is 77.4 Å². The number of benzene rings is 2. The van der Waals surface area contributed by atoms with Crippen molar-refractivity contribution in [3.63, 3.8) is 0 Å². The molecule has 1 aliphatic carbocycles. The summed E-state index contributed by atoms with van der Waals surface area (Å²) < 4.78 is 6.45. The molecule has 0 fully saturated rings. The van der Waals surface area contributed by atoms with Crippen LogP contribution in [0.15, 0.2) is 55.1 Å². The lowest BCUT2D eigenvalue weighted by atomic mass is 10.1. The van der Waals surface area contributed by atoms with Gasteiger partial charge in [0.1, 0.15) is 12.4 Å². The molecule has 0 saturated heterocycles. The standard InChI is InChI=1S/C28H40OSi2/c1-10-17-29-27-23(18-21(2)19-26(27)31(8,9)28(3,4)5)20-30(6,7)25-16-15-22-13-11-12-14-24(22)25/h10-16,18-19,25H,1,17,20H2,2-9H3. The van der Waals surface area contributed by atoms with E-state index >= 15 is 0 Å². The van der Waals surface area contributed by atoms with Crippen LogP contribution in [0.4, 0.5) is 0 Å². The van der Waals surface area contributed by atoms with Gasteiger partial charge in [-0.2, -0.15) is 0 Å². The number of aryl methyl sites for hydroxylation is 1. The van der Waals surface area contributed by atoms with E-state index in [-0.39, 0.29) is 5.04 Å². The molecule has 2 aromatic rings. The molecule has 166 valence electrons. The quantitative estimate of drug-likeness (QED) is 0.316. The first-order chi connectivity index (χ1) is 14.4. The highest BCUT2D eigenvalue weighted by Crippen LogP contribution is 2.41. The Bertz CT molecular complexity index is 993. The second-order valence-corrected chi connectivity index (χ2v) is 21.6. The Hall–Kier alpha value is -1.85. The molecule has 0 heterocycles. The lowest BCUT2D eigenvalue weighted by Crippen LogP contribution is -2.50. The van der Waals surface area contributed by atoms with E-state index in [1.165, 1.54) is 27.4 Å². The molecule has 1 unspecified atom stereocenters. The lowest BCUT2D eigenvalue weighted by molar-refractivity contribution is 0.362. The summed E-state index contributed by atoms with van der Waals surface area (Å²) >= 11 is 0. The summed E-state index contributed by atoms with van der Waals surface area (Å²) in [4.78, 5) is 0. The van der Waals surface area contributed by atoms with Crippen LogP contribution in [0, 0.1) is 6.92 Å². The van der Waals surface area contributed by atoms with Crippen molar-refractivity contribution in [2.24, 2.45) is 0 Å². The van der Waals surface area contributed by atoms with Crippen LogP contribution in [0.2, 0.25) is 31.2 Å². The summed E-state index contributed by atoms with van der Waals surface area (Å²) in [7, 11) is -3.42. The molecule has 0 N–H and O–H groups in total. The summed E-state index contributed by atoms with van der Waals surface area (Å²) in [6.45, 7) is 23.9. The second kappa shape index (κ2) is 8.59. The van der Waals surface area contributed by atoms with Crippen LogP contribution in [-0.2, 0) is 6.04 Å². The third-order valence-electron chi connectivity index (χ3n) is 7.49. The van der Waals surface area contributed by atoms with Gasteiger partial charge in [-0.1, -0.05) is 114 Å². The molecule has 2 aromatic carbocycles. The fraction of sp³-hybridized carbons (Fsp3) is 0.429. The van der Waals surface area contributed by atoms with E-state index in [0.29, 0.717) is 12.1 Å². The molecular formula is C28H40OSi2. The van der Waals surface area contributed by atoms with Gasteiger partial charge in [0.05, 0.1) is 16.1 Å². The fourth-order valence-electron chi connectivity index (χ4n) is 4.69. The van der Waals surface area contributed by atoms with Gasteiger partial charge >= 0.3 is 0 Å². The van der Waals surface area contributed by atoms with Gasteiger partial charge in [0.2, 0.25) is 0 Å². The zero-order valence-corrected chi connectivity index (χ0v) is 22.8. The average molecular weight is 449 g/mol. The molecule has 0 spiro atoms. The molecule has 3 rings (SSSR count). The van der Waals surface area contributed by atoms with Gasteiger partial charge < -0.3 is 4.74 Å². The van der Waals surface area contributed by atoms with Gasteiger partial charge in [0, 0.05) is 0 Å². The Morgan fingerprint density at radius 2 is 1.74 bits per heavy atom. The van der Waals surface area contributed by atoms with Crippen molar-refractivity contribution in [1.82, 2.24) is 0 Å². The Kier molecular flexibility index (Phi) is 6.60. The van der Waals surface area contributed by atoms with Gasteiger partial charge in [-0.05, 0) is 45.4 Å². The Morgan fingerprint density at radius 1 is 1.06 bits per heavy atom. The van der Waals surface area contributed by atoms with Crippen LogP contribution in [0.5, 0.6) is 5.75 Å². The number of hydrogen-bond acceptors (Lipinski definition) is 1. The maximum Gasteiger partial charge on any atom is 0.121 e. The SMILES string of the molecule is C=CCOc1c(C[Si](C)(C)C2C=Cc3ccccc32)cc(C)cc1[Si](C)(C)C(C)(C)C. The van der Waals surface area contributed by atoms with Gasteiger partial charge in [-0.15, -0.1) is 0 Å². The normalized spacial score (nSPS) is 16.3. The molecule has 0 saturated carbocycles. The van der Waals surface area contributed by atoms with E-state index in [9.17, 15) is 0 Å². The minimum absolute atomic E-state index is 0.254. The molecular weight excluding hydrogens is 408 g/mol. The molecule has 0 radical (unpaired) electrons. The van der Waals surface area contributed by atoms with Crippen LogP contribution >= 0.6 is 0 Å². The lowest BCUT2D eigenvalue weighted by Gasteiger charge is -2.39. The van der Waals surface area contributed by atoms with Crippen molar-refractivity contribution in [2.45, 2.75) is 70.5 Å². The Balaban J connectivity index is 2.08. The third-order valence-corrected chi connectivity index (χ3v) is 16.4. The third kappa shape index (κ3) is 4.68. The fourth-order valence-corrected chi connectivity index (χ4v) is 10.1. The summed E-state index contributed by atoms with van der Waals surface area (Å²) in [5, 5.41) is 1.72. The van der Waals surface area contributed by atoms with Crippen molar-refractivity contribution in [1.29, 1.82) is 0 Å². The van der Waals surface area contributed by atoms with E-state index in [1.54, 1.807) is 0 Å². The monoisotopic (exact) mass is 448 g/mol. The molecule has 31 heavy (non-hydrogen) atoms. The van der Waals surface area contributed by atoms with Crippen LogP contribution in [-0.4, -0.2) is 22.8 Å². The van der Waals surface area contributed by atoms with E-state index < -0.39 is 16.1 Å². The Morgan fingerprint density at radius 3 is 2.39 bits per heavy atom. The van der Waals surface area contributed by atoms with Crippen LogP contribution in [0.25, 0.3) is 6.08 Å². The van der Waals surface area contributed by atoms with Crippen molar-refractivity contribution in [2.75, 3.05) is 6.61 Å². The highest BCUT2D eigenvalue weighted by atomic mass is 28.3. The zero-order valence-electron chi connectivity index (χ0n) is 20.8. The zero-order chi connectivity index (χ0) is 23.0. The van der Waals surface area contributed by atoms with E-state index in [4.69, 9.17) is 4.74 Å². The molecule has 1 nitrogen and oxygen atoms in total. The van der Waals surface area contributed by atoms with Crippen LogP contribution in [0.1, 0.15) is 48.6 Å². The first-order valence-electron chi connectivity index (χ1n) is 11.5. The molecule has 0 amide bonds. The van der Waals surface area contributed by atoms with Gasteiger partial charge in [-0.25, -0.2) is 0 Å². The average Bonchev–Trinajstić information content (AvgIpc) is 3.10. The molecule has 0 aliphatic heterocycles. The highest BCUT2D eigenvalue weighted by Gasteiger charge is 2.41. The molecule has 0 bridgehead atoms. The van der Waals surface area contributed by atoms with E-state index in [2.05, 4.69) is 109 Å². The molecule has 1 aliphatic rings. The van der Waals surface area contributed by atoms with E-state index in [1.807, 2.05) is 6.08 Å². The van der Waals surface area contributed by atoms with Gasteiger partial charge in [0.25, 0.3) is 0 Å². The summed E-state index contributed by atoms with van der Waals surface area (Å²) in [5.41, 5.74) is 6.20. The molecule has 0 aromatic heterocycles. The number of rotatable bonds is 7. The van der Waals surface area contributed by atoms with Gasteiger partial charge in [0.15, 0.2) is 0 Å². The summed E-state index contributed by atoms with van der Waals surface area (Å²) in [5.74, 6) is 1.15. The van der Waals surface area contributed by atoms with E-state index in [0.717, 1.165) is 11.8 Å². The second-order valence-electron chi connectivity index (χ2n) is 11.4. The predicted octanol–water partition coefficient (Wildman–Crippen LogP) is 7.42. The van der Waals surface area contributed by atoms with Crippen LogP contribution in [0.3, 0.4) is 0 Å². The number of allylic oxidation sites excluding steroid dienone is 1. The first-order valence-corrected chi connectivity index (χ1v) is 17.8. The predicted molar refractivity (Wildman–Crippen MR) is 143 cm³/mol. The minimum Gasteiger partial charge on any atom is -0.489 e. The largest absolute Gasteiger partial charge is 0.489 e. The number of fused-ring (bicyclic) bond motifs is 1. The number of ether oxygens (including phenoxy) is 1. The Labute approximate surface area is 192 Å². The molecule has 1 atom stereocenters. The summed E-state index contributed by atoms with van der Waals surface area (Å²) in [6, 6.07) is 14.8. The topological polar surface area (TPSA) is 9.23 Å². The maximum absolute atomic E-state index is 6.45. The number of hydrogen-bond donors (Lipinski definition) is 0. The van der Waals surface area contributed by atoms with Crippen molar-refractivity contribution < 1.29 is 4.74 Å². The first kappa shape index (κ1) is 23.8. The van der Waals surface area contributed by atoms with Crippen molar-refractivity contribution >= 4 is 27.4 Å². The van der Waals surface area contributed by atoms with Crippen LogP contribution < -0.4 is 9.92 Å².